The van der Waals surface area contributed by atoms with E-state index in [0.717, 1.165) is 13.0 Å². The molecule has 1 heterocycles. The fraction of sp³-hybridized carbons (Fsp3) is 0.400. The van der Waals surface area contributed by atoms with Gasteiger partial charge in [0.05, 0.1) is 6.61 Å². The molecular weight excluding hydrogens is 341 g/mol. The van der Waals surface area contributed by atoms with Crippen LogP contribution in [0.1, 0.15) is 25.7 Å². The second kappa shape index (κ2) is 9.07. The highest BCUT2D eigenvalue weighted by molar-refractivity contribution is 6.30. The molecule has 1 aliphatic rings. The third-order valence-electron chi connectivity index (χ3n) is 4.25. The van der Waals surface area contributed by atoms with Crippen LogP contribution in [0.5, 0.6) is 17.2 Å². The van der Waals surface area contributed by atoms with E-state index in [-0.39, 0.29) is 5.82 Å². The maximum absolute atomic E-state index is 13.6. The van der Waals surface area contributed by atoms with E-state index in [9.17, 15) is 4.39 Å². The van der Waals surface area contributed by atoms with Crippen LogP contribution < -0.4 is 9.47 Å². The average molecular weight is 364 g/mol. The minimum Gasteiger partial charge on any atom is -0.490 e. The number of ether oxygens (including phenoxy) is 2. The predicted molar refractivity (Wildman–Crippen MR) is 98.3 cm³/mol. The zero-order valence-corrected chi connectivity index (χ0v) is 15.0. The minimum absolute atomic E-state index is 0.361. The Morgan fingerprint density at radius 1 is 1.00 bits per heavy atom. The lowest BCUT2D eigenvalue weighted by Gasteiger charge is -2.26. The largest absolute Gasteiger partial charge is 0.490 e. The average Bonchev–Trinajstić information content (AvgIpc) is 2.61. The number of hydrogen-bond acceptors (Lipinski definition) is 3. The number of rotatable bonds is 7. The highest BCUT2D eigenvalue weighted by Crippen LogP contribution is 2.33. The zero-order valence-electron chi connectivity index (χ0n) is 14.2. The summed E-state index contributed by atoms with van der Waals surface area (Å²) < 4.78 is 25.2. The first-order chi connectivity index (χ1) is 12.2. The second-order valence-electron chi connectivity index (χ2n) is 6.25. The lowest BCUT2D eigenvalue weighted by atomic mass is 10.1. The molecule has 3 nitrogen and oxygen atoms in total. The molecule has 1 fully saturated rings. The molecular formula is C20H23ClFNO2. The Labute approximate surface area is 153 Å². The molecule has 5 heteroatoms. The fourth-order valence-corrected chi connectivity index (χ4v) is 3.17. The molecule has 1 aliphatic heterocycles. The van der Waals surface area contributed by atoms with Gasteiger partial charge in [0.1, 0.15) is 11.6 Å². The van der Waals surface area contributed by atoms with Gasteiger partial charge in [-0.05, 0) is 62.7 Å². The van der Waals surface area contributed by atoms with Crippen molar-refractivity contribution < 1.29 is 13.9 Å². The molecule has 0 unspecified atom stereocenters. The van der Waals surface area contributed by atoms with Crippen molar-refractivity contribution in [3.8, 4) is 17.2 Å². The van der Waals surface area contributed by atoms with E-state index in [0.29, 0.717) is 28.9 Å². The van der Waals surface area contributed by atoms with Gasteiger partial charge in [0, 0.05) is 17.6 Å². The van der Waals surface area contributed by atoms with Crippen molar-refractivity contribution in [1.29, 1.82) is 0 Å². The molecule has 0 atom stereocenters. The summed E-state index contributed by atoms with van der Waals surface area (Å²) in [6, 6.07) is 11.3. The van der Waals surface area contributed by atoms with Crippen molar-refractivity contribution in [2.75, 3.05) is 26.2 Å². The Morgan fingerprint density at radius 2 is 1.84 bits per heavy atom. The summed E-state index contributed by atoms with van der Waals surface area (Å²) >= 11 is 5.97. The lowest BCUT2D eigenvalue weighted by molar-refractivity contribution is 0.203. The summed E-state index contributed by atoms with van der Waals surface area (Å²) in [5, 5.41) is 0.568. The van der Waals surface area contributed by atoms with Gasteiger partial charge in [-0.25, -0.2) is 4.39 Å². The van der Waals surface area contributed by atoms with E-state index < -0.39 is 0 Å². The van der Waals surface area contributed by atoms with Crippen molar-refractivity contribution >= 4 is 11.6 Å². The normalized spacial score (nSPS) is 15.1. The van der Waals surface area contributed by atoms with Crippen LogP contribution in [0.25, 0.3) is 0 Å². The summed E-state index contributed by atoms with van der Waals surface area (Å²) in [5.74, 6) is 1.09. The fourth-order valence-electron chi connectivity index (χ4n) is 2.99. The standard InChI is InChI=1S/C20H23ClFNO2/c21-16-6-4-7-18(14-16)25-20-15-17(22)8-9-19(20)24-13-5-12-23-10-2-1-3-11-23/h4,6-9,14-15H,1-3,5,10-13H2. The van der Waals surface area contributed by atoms with Crippen molar-refractivity contribution in [1.82, 2.24) is 4.90 Å². The van der Waals surface area contributed by atoms with E-state index in [1.165, 1.54) is 44.5 Å². The van der Waals surface area contributed by atoms with E-state index in [4.69, 9.17) is 21.1 Å². The van der Waals surface area contributed by atoms with E-state index >= 15 is 0 Å². The second-order valence-corrected chi connectivity index (χ2v) is 6.69. The van der Waals surface area contributed by atoms with Gasteiger partial charge in [0.15, 0.2) is 11.5 Å². The Hall–Kier alpha value is -1.78. The summed E-state index contributed by atoms with van der Waals surface area (Å²) in [5.41, 5.74) is 0. The molecule has 2 aromatic carbocycles. The highest BCUT2D eigenvalue weighted by atomic mass is 35.5. The van der Waals surface area contributed by atoms with Crippen LogP contribution in [-0.2, 0) is 0 Å². The number of hydrogen-bond donors (Lipinski definition) is 0. The summed E-state index contributed by atoms with van der Waals surface area (Å²) in [6.45, 7) is 3.97. The van der Waals surface area contributed by atoms with Crippen LogP contribution in [0.2, 0.25) is 5.02 Å². The smallest absolute Gasteiger partial charge is 0.172 e. The van der Waals surface area contributed by atoms with Gasteiger partial charge in [-0.15, -0.1) is 0 Å². The Morgan fingerprint density at radius 3 is 2.64 bits per heavy atom. The Bertz CT molecular complexity index is 689. The van der Waals surface area contributed by atoms with Gasteiger partial charge >= 0.3 is 0 Å². The minimum atomic E-state index is -0.363. The molecule has 134 valence electrons. The van der Waals surface area contributed by atoms with Crippen molar-refractivity contribution in [2.24, 2.45) is 0 Å². The number of halogens is 2. The number of piperidine rings is 1. The van der Waals surface area contributed by atoms with Gasteiger partial charge in [-0.1, -0.05) is 24.1 Å². The predicted octanol–water partition coefficient (Wildman–Crippen LogP) is 5.53. The van der Waals surface area contributed by atoms with E-state index in [1.54, 1.807) is 30.3 Å². The Balaban J connectivity index is 1.57. The highest BCUT2D eigenvalue weighted by Gasteiger charge is 2.11. The molecule has 0 spiro atoms. The molecule has 0 bridgehead atoms. The molecule has 0 radical (unpaired) electrons. The summed E-state index contributed by atoms with van der Waals surface area (Å²) in [7, 11) is 0. The number of nitrogens with zero attached hydrogens (tertiary/aromatic N) is 1. The maximum atomic E-state index is 13.6. The van der Waals surface area contributed by atoms with E-state index in [2.05, 4.69) is 4.90 Å². The van der Waals surface area contributed by atoms with Crippen LogP contribution in [0.4, 0.5) is 4.39 Å². The first-order valence-electron chi connectivity index (χ1n) is 8.79. The first kappa shape index (κ1) is 18.0. The SMILES string of the molecule is Fc1ccc(OCCCN2CCCCC2)c(Oc2cccc(Cl)c2)c1. The first-order valence-corrected chi connectivity index (χ1v) is 9.17. The number of likely N-dealkylation sites (tertiary alicyclic amines) is 1. The molecule has 2 aromatic rings. The van der Waals surface area contributed by atoms with Gasteiger partial charge in [0.25, 0.3) is 0 Å². The topological polar surface area (TPSA) is 21.7 Å². The van der Waals surface area contributed by atoms with Crippen LogP contribution in [-0.4, -0.2) is 31.1 Å². The van der Waals surface area contributed by atoms with Crippen LogP contribution in [0.15, 0.2) is 42.5 Å². The summed E-state index contributed by atoms with van der Waals surface area (Å²) in [6.07, 6.45) is 4.85. The van der Waals surface area contributed by atoms with Crippen molar-refractivity contribution in [3.63, 3.8) is 0 Å². The molecule has 0 amide bonds. The Kier molecular flexibility index (Phi) is 6.54. The van der Waals surface area contributed by atoms with E-state index in [1.807, 2.05) is 0 Å². The van der Waals surface area contributed by atoms with Gasteiger partial charge < -0.3 is 14.4 Å². The van der Waals surface area contributed by atoms with Crippen molar-refractivity contribution in [2.45, 2.75) is 25.7 Å². The molecule has 0 aliphatic carbocycles. The molecule has 1 saturated heterocycles. The molecule has 0 aromatic heterocycles. The van der Waals surface area contributed by atoms with Crippen LogP contribution in [0, 0.1) is 5.82 Å². The maximum Gasteiger partial charge on any atom is 0.172 e. The van der Waals surface area contributed by atoms with Gasteiger partial charge in [0.2, 0.25) is 0 Å². The zero-order chi connectivity index (χ0) is 17.5. The molecule has 0 N–H and O–H groups in total. The third-order valence-corrected chi connectivity index (χ3v) is 4.49. The van der Waals surface area contributed by atoms with Gasteiger partial charge in [-0.2, -0.15) is 0 Å². The monoisotopic (exact) mass is 363 g/mol. The lowest BCUT2D eigenvalue weighted by Crippen LogP contribution is -2.31. The quantitative estimate of drug-likeness (QED) is 0.604. The van der Waals surface area contributed by atoms with Crippen molar-refractivity contribution in [3.05, 3.63) is 53.3 Å². The van der Waals surface area contributed by atoms with Gasteiger partial charge in [-0.3, -0.25) is 0 Å². The summed E-state index contributed by atoms with van der Waals surface area (Å²) in [4.78, 5) is 2.47. The molecule has 25 heavy (non-hydrogen) atoms. The molecule has 3 rings (SSSR count). The van der Waals surface area contributed by atoms with Crippen LogP contribution in [0.3, 0.4) is 0 Å². The molecule has 0 saturated carbocycles. The number of benzene rings is 2. The van der Waals surface area contributed by atoms with Crippen LogP contribution >= 0.6 is 11.6 Å². The third kappa shape index (κ3) is 5.62.